The number of nitrogens with one attached hydrogen (secondary N) is 1. The van der Waals surface area contributed by atoms with Gasteiger partial charge in [0.05, 0.1) is 10.0 Å². The van der Waals surface area contributed by atoms with Crippen LogP contribution in [0.5, 0.6) is 5.75 Å². The fourth-order valence-corrected chi connectivity index (χ4v) is 6.02. The number of carbonyl (C=O) groups is 2. The number of terminal acetylenes is 1. The van der Waals surface area contributed by atoms with E-state index < -0.39 is 11.1 Å². The normalized spacial score (nSPS) is 18.5. The number of ether oxygens (including phenoxy) is 1. The molecule has 1 aromatic heterocycles. The van der Waals surface area contributed by atoms with E-state index in [1.165, 1.54) is 11.3 Å². The molecular weight excluding hydrogens is 482 g/mol. The molecule has 2 aliphatic rings. The Morgan fingerprint density at radius 3 is 2.57 bits per heavy atom. The Morgan fingerprint density at radius 2 is 1.91 bits per heavy atom. The number of rotatable bonds is 6. The molecule has 35 heavy (non-hydrogen) atoms. The molecule has 0 atom stereocenters. The minimum absolute atomic E-state index is 0.0675. The second-order valence-corrected chi connectivity index (χ2v) is 11.2. The molecule has 0 bridgehead atoms. The van der Waals surface area contributed by atoms with Gasteiger partial charge < -0.3 is 15.0 Å². The second-order valence-electron chi connectivity index (χ2n) is 9.92. The lowest BCUT2D eigenvalue weighted by Crippen LogP contribution is -2.51. The Kier molecular flexibility index (Phi) is 7.73. The van der Waals surface area contributed by atoms with Crippen molar-refractivity contribution in [1.29, 1.82) is 0 Å². The summed E-state index contributed by atoms with van der Waals surface area (Å²) in [4.78, 5) is 32.5. The number of hydrogen-bond donors (Lipinski definition) is 1. The number of thiazole rings is 1. The molecule has 1 saturated heterocycles. The molecule has 1 aromatic carbocycles. The molecule has 4 rings (SSSR count). The maximum atomic E-state index is 13.2. The van der Waals surface area contributed by atoms with E-state index in [4.69, 9.17) is 22.8 Å². The average Bonchev–Trinajstić information content (AvgIpc) is 3.36. The summed E-state index contributed by atoms with van der Waals surface area (Å²) in [6, 6.07) is 7.16. The van der Waals surface area contributed by atoms with Crippen molar-refractivity contribution in [2.24, 2.45) is 0 Å². The molecule has 0 unspecified atom stereocenters. The monoisotopic (exact) mass is 513 g/mol. The van der Waals surface area contributed by atoms with E-state index in [9.17, 15) is 9.59 Å². The van der Waals surface area contributed by atoms with E-state index in [-0.39, 0.29) is 17.7 Å². The van der Waals surface area contributed by atoms with Gasteiger partial charge in [0.2, 0.25) is 0 Å². The van der Waals surface area contributed by atoms with Gasteiger partial charge in [-0.1, -0.05) is 48.9 Å². The quantitative estimate of drug-likeness (QED) is 0.523. The van der Waals surface area contributed by atoms with Gasteiger partial charge in [0.1, 0.15) is 17.0 Å². The summed E-state index contributed by atoms with van der Waals surface area (Å²) in [5.41, 5.74) is -1.15. The summed E-state index contributed by atoms with van der Waals surface area (Å²) in [6.07, 6.45) is 12.2. The molecule has 2 heterocycles. The first-order valence-electron chi connectivity index (χ1n) is 12.2. The summed E-state index contributed by atoms with van der Waals surface area (Å²) in [5, 5.41) is 6.30. The maximum absolute atomic E-state index is 13.2. The molecule has 1 aliphatic heterocycles. The van der Waals surface area contributed by atoms with Gasteiger partial charge in [-0.3, -0.25) is 9.59 Å². The van der Waals surface area contributed by atoms with Crippen LogP contribution in [0.25, 0.3) is 0 Å². The largest absolute Gasteiger partial charge is 0.476 e. The van der Waals surface area contributed by atoms with Crippen LogP contribution in [0, 0.1) is 12.3 Å². The lowest BCUT2D eigenvalue weighted by atomic mass is 9.82. The van der Waals surface area contributed by atoms with Gasteiger partial charge in [-0.15, -0.1) is 17.8 Å². The zero-order chi connectivity index (χ0) is 25.1. The van der Waals surface area contributed by atoms with E-state index in [2.05, 4.69) is 16.2 Å². The zero-order valence-electron chi connectivity index (χ0n) is 20.3. The highest BCUT2D eigenvalue weighted by Gasteiger charge is 2.37. The summed E-state index contributed by atoms with van der Waals surface area (Å²) >= 11 is 7.71. The van der Waals surface area contributed by atoms with Crippen LogP contribution < -0.4 is 10.1 Å². The Labute approximate surface area is 216 Å². The van der Waals surface area contributed by atoms with Crippen LogP contribution in [0.2, 0.25) is 5.02 Å². The Bertz CT molecular complexity index is 1110. The molecule has 1 saturated carbocycles. The summed E-state index contributed by atoms with van der Waals surface area (Å²) in [7, 11) is 0. The predicted octanol–water partition coefficient (Wildman–Crippen LogP) is 5.43. The lowest BCUT2D eigenvalue weighted by Gasteiger charge is -2.36. The third-order valence-corrected chi connectivity index (χ3v) is 8.26. The minimum Gasteiger partial charge on any atom is -0.476 e. The van der Waals surface area contributed by atoms with Crippen molar-refractivity contribution < 1.29 is 14.3 Å². The van der Waals surface area contributed by atoms with E-state index in [1.807, 2.05) is 22.4 Å². The number of aromatic nitrogens is 1. The highest BCUT2D eigenvalue weighted by atomic mass is 35.5. The van der Waals surface area contributed by atoms with Crippen LogP contribution in [0.4, 0.5) is 0 Å². The van der Waals surface area contributed by atoms with Crippen molar-refractivity contribution in [2.75, 3.05) is 13.1 Å². The summed E-state index contributed by atoms with van der Waals surface area (Å²) < 4.78 is 5.98. The molecule has 0 radical (unpaired) electrons. The number of hydrogen-bond acceptors (Lipinski definition) is 5. The predicted molar refractivity (Wildman–Crippen MR) is 139 cm³/mol. The van der Waals surface area contributed by atoms with Gasteiger partial charge in [-0.25, -0.2) is 4.98 Å². The summed E-state index contributed by atoms with van der Waals surface area (Å²) in [5.74, 6) is 3.27. The number of halogens is 1. The highest BCUT2D eigenvalue weighted by molar-refractivity contribution is 7.09. The van der Waals surface area contributed by atoms with Crippen molar-refractivity contribution in [3.8, 4) is 18.1 Å². The van der Waals surface area contributed by atoms with Crippen molar-refractivity contribution in [3.05, 3.63) is 45.4 Å². The summed E-state index contributed by atoms with van der Waals surface area (Å²) in [6.45, 7) is 4.76. The van der Waals surface area contributed by atoms with Crippen LogP contribution in [0.3, 0.4) is 0 Å². The van der Waals surface area contributed by atoms with Gasteiger partial charge in [-0.05, 0) is 51.7 Å². The Balaban J connectivity index is 1.33. The lowest BCUT2D eigenvalue weighted by molar-refractivity contribution is -0.146. The first-order valence-corrected chi connectivity index (χ1v) is 13.5. The highest BCUT2D eigenvalue weighted by Crippen LogP contribution is 2.33. The minimum atomic E-state index is -1.03. The van der Waals surface area contributed by atoms with Crippen LogP contribution in [0.1, 0.15) is 80.2 Å². The Morgan fingerprint density at radius 1 is 1.23 bits per heavy atom. The van der Waals surface area contributed by atoms with Crippen molar-refractivity contribution in [1.82, 2.24) is 15.2 Å². The number of benzene rings is 1. The molecule has 1 aliphatic carbocycles. The molecule has 1 N–H and O–H groups in total. The zero-order valence-corrected chi connectivity index (χ0v) is 21.9. The van der Waals surface area contributed by atoms with Crippen molar-refractivity contribution >= 4 is 34.8 Å². The van der Waals surface area contributed by atoms with Gasteiger partial charge in [-0.2, -0.15) is 0 Å². The van der Waals surface area contributed by atoms with Gasteiger partial charge >= 0.3 is 0 Å². The van der Waals surface area contributed by atoms with Crippen LogP contribution in [-0.4, -0.2) is 45.9 Å². The van der Waals surface area contributed by atoms with Gasteiger partial charge in [0, 0.05) is 24.4 Å². The van der Waals surface area contributed by atoms with E-state index in [1.54, 1.807) is 26.0 Å². The molecule has 2 fully saturated rings. The molecular formula is C27H32ClN3O3S. The van der Waals surface area contributed by atoms with Gasteiger partial charge in [0.25, 0.3) is 11.8 Å². The van der Waals surface area contributed by atoms with Crippen molar-refractivity contribution in [3.63, 3.8) is 0 Å². The third kappa shape index (κ3) is 5.82. The fourth-order valence-electron chi connectivity index (χ4n) is 4.88. The van der Waals surface area contributed by atoms with E-state index >= 15 is 0 Å². The van der Waals surface area contributed by atoms with Crippen LogP contribution in [-0.2, 0) is 4.79 Å². The van der Waals surface area contributed by atoms with Crippen LogP contribution >= 0.6 is 22.9 Å². The first-order chi connectivity index (χ1) is 16.7. The average molecular weight is 514 g/mol. The van der Waals surface area contributed by atoms with Crippen molar-refractivity contribution in [2.45, 2.75) is 75.9 Å². The SMILES string of the molecule is C#CC1(NC(=O)c2csc(C3CCN(C(=O)C(C)(C)Oc4ccccc4Cl)CC3)n2)CCCCC1. The van der Waals surface area contributed by atoms with E-state index in [0.29, 0.717) is 29.6 Å². The molecule has 186 valence electrons. The Hall–Kier alpha value is -2.56. The first kappa shape index (κ1) is 25.5. The number of likely N-dealkylation sites (tertiary alicyclic amines) is 1. The number of para-hydroxylation sites is 1. The number of piperidine rings is 1. The molecule has 6 nitrogen and oxygen atoms in total. The number of carbonyl (C=O) groups excluding carboxylic acids is 2. The van der Waals surface area contributed by atoms with E-state index in [0.717, 1.165) is 50.0 Å². The fraction of sp³-hybridized carbons (Fsp3) is 0.519. The number of nitrogens with zero attached hydrogens (tertiary/aromatic N) is 2. The maximum Gasteiger partial charge on any atom is 0.271 e. The smallest absolute Gasteiger partial charge is 0.271 e. The second kappa shape index (κ2) is 10.6. The molecule has 2 aromatic rings. The molecule has 2 amide bonds. The molecule has 0 spiro atoms. The molecule has 8 heteroatoms. The third-order valence-electron chi connectivity index (χ3n) is 6.94. The topological polar surface area (TPSA) is 71.5 Å². The van der Waals surface area contributed by atoms with Crippen LogP contribution in [0.15, 0.2) is 29.6 Å². The standard InChI is InChI=1S/C27H32ClN3O3S/c1-4-27(14-8-5-9-15-27)30-23(32)21-18-35-24(29-21)19-12-16-31(17-13-19)25(33)26(2,3)34-22-11-7-6-10-20(22)28/h1,6-7,10-11,18-19H,5,8-9,12-17H2,2-3H3,(H,30,32). The van der Waals surface area contributed by atoms with Gasteiger partial charge in [0.15, 0.2) is 5.60 Å². The number of amides is 2.